The maximum absolute atomic E-state index is 14.1. The van der Waals surface area contributed by atoms with Gasteiger partial charge in [0.15, 0.2) is 0 Å². The van der Waals surface area contributed by atoms with Gasteiger partial charge in [-0.1, -0.05) is 44.9 Å². The predicted octanol–water partition coefficient (Wildman–Crippen LogP) is 4.08. The lowest BCUT2D eigenvalue weighted by atomic mass is 9.96. The predicted molar refractivity (Wildman–Crippen MR) is 87.1 cm³/mol. The van der Waals surface area contributed by atoms with Gasteiger partial charge in [-0.2, -0.15) is 0 Å². The van der Waals surface area contributed by atoms with Gasteiger partial charge in [-0.05, 0) is 24.5 Å². The van der Waals surface area contributed by atoms with Crippen molar-refractivity contribution in [1.82, 2.24) is 10.2 Å². The Hall–Kier alpha value is -0.640. The minimum atomic E-state index is -0.199. The van der Waals surface area contributed by atoms with E-state index in [2.05, 4.69) is 31.0 Å². The highest BCUT2D eigenvalue weighted by Crippen LogP contribution is 2.25. The standard InChI is InChI=1S/C17H26ClFN2/c1-4-6-13-10-21(17(9-20-13)12(2)3)11-14-15(18)7-5-8-16(14)19/h5,7-8,12-13,17,20H,4,6,9-11H2,1-3H3. The molecular formula is C17H26ClFN2. The van der Waals surface area contributed by atoms with E-state index in [1.807, 2.05) is 0 Å². The first-order valence-corrected chi connectivity index (χ1v) is 8.31. The van der Waals surface area contributed by atoms with Crippen LogP contribution in [0.2, 0.25) is 5.02 Å². The molecule has 1 heterocycles. The van der Waals surface area contributed by atoms with E-state index in [9.17, 15) is 4.39 Å². The molecule has 2 unspecified atom stereocenters. The van der Waals surface area contributed by atoms with Gasteiger partial charge in [0.05, 0.1) is 0 Å². The van der Waals surface area contributed by atoms with Gasteiger partial charge < -0.3 is 5.32 Å². The summed E-state index contributed by atoms with van der Waals surface area (Å²) in [6, 6.07) is 5.86. The lowest BCUT2D eigenvalue weighted by molar-refractivity contribution is 0.0874. The maximum Gasteiger partial charge on any atom is 0.129 e. The molecule has 1 saturated heterocycles. The van der Waals surface area contributed by atoms with Gasteiger partial charge in [0.1, 0.15) is 5.82 Å². The first kappa shape index (κ1) is 16.7. The van der Waals surface area contributed by atoms with Gasteiger partial charge in [0, 0.05) is 42.3 Å². The normalized spacial score (nSPS) is 23.7. The van der Waals surface area contributed by atoms with Crippen molar-refractivity contribution in [3.8, 4) is 0 Å². The summed E-state index contributed by atoms with van der Waals surface area (Å²) in [6.07, 6.45) is 2.32. The maximum atomic E-state index is 14.1. The minimum absolute atomic E-state index is 0.199. The fourth-order valence-electron chi connectivity index (χ4n) is 3.17. The average molecular weight is 313 g/mol. The fraction of sp³-hybridized carbons (Fsp3) is 0.647. The summed E-state index contributed by atoms with van der Waals surface area (Å²) >= 11 is 6.19. The molecule has 0 radical (unpaired) electrons. The van der Waals surface area contributed by atoms with Crippen molar-refractivity contribution in [3.05, 3.63) is 34.6 Å². The highest BCUT2D eigenvalue weighted by atomic mass is 35.5. The summed E-state index contributed by atoms with van der Waals surface area (Å²) in [5, 5.41) is 4.16. The molecule has 0 aliphatic carbocycles. The van der Waals surface area contributed by atoms with E-state index in [1.165, 1.54) is 6.07 Å². The molecule has 0 aromatic heterocycles. The number of halogens is 2. The molecule has 4 heteroatoms. The Labute approximate surface area is 132 Å². The Balaban J connectivity index is 2.16. The Kier molecular flexibility index (Phi) is 6.03. The molecule has 0 bridgehead atoms. The van der Waals surface area contributed by atoms with E-state index in [4.69, 9.17) is 11.6 Å². The Morgan fingerprint density at radius 3 is 2.81 bits per heavy atom. The van der Waals surface area contributed by atoms with Crippen molar-refractivity contribution in [2.75, 3.05) is 13.1 Å². The molecule has 2 nitrogen and oxygen atoms in total. The Morgan fingerprint density at radius 1 is 1.43 bits per heavy atom. The average Bonchev–Trinajstić information content (AvgIpc) is 2.43. The highest BCUT2D eigenvalue weighted by Gasteiger charge is 2.30. The van der Waals surface area contributed by atoms with Crippen molar-refractivity contribution >= 4 is 11.6 Å². The lowest BCUT2D eigenvalue weighted by Gasteiger charge is -2.42. The van der Waals surface area contributed by atoms with Crippen LogP contribution in [-0.4, -0.2) is 30.1 Å². The topological polar surface area (TPSA) is 15.3 Å². The van der Waals surface area contributed by atoms with Crippen molar-refractivity contribution in [3.63, 3.8) is 0 Å². The van der Waals surface area contributed by atoms with Crippen LogP contribution in [-0.2, 0) is 6.54 Å². The molecule has 1 aliphatic rings. The number of rotatable bonds is 5. The van der Waals surface area contributed by atoms with Crippen molar-refractivity contribution in [2.45, 2.75) is 52.2 Å². The molecule has 1 N–H and O–H groups in total. The SMILES string of the molecule is CCCC1CN(Cc2c(F)cccc2Cl)C(C(C)C)CN1. The van der Waals surface area contributed by atoms with Crippen LogP contribution in [0.5, 0.6) is 0 Å². The number of hydrogen-bond donors (Lipinski definition) is 1. The second-order valence-corrected chi connectivity index (χ2v) is 6.74. The molecule has 1 fully saturated rings. The molecular weight excluding hydrogens is 287 g/mol. The van der Waals surface area contributed by atoms with Crippen molar-refractivity contribution < 1.29 is 4.39 Å². The van der Waals surface area contributed by atoms with Gasteiger partial charge in [0.25, 0.3) is 0 Å². The van der Waals surface area contributed by atoms with E-state index >= 15 is 0 Å². The third kappa shape index (κ3) is 4.18. The lowest BCUT2D eigenvalue weighted by Crippen LogP contribution is -2.57. The molecule has 0 saturated carbocycles. The zero-order chi connectivity index (χ0) is 15.4. The number of piperazine rings is 1. The number of benzene rings is 1. The van der Waals surface area contributed by atoms with Crippen molar-refractivity contribution in [1.29, 1.82) is 0 Å². The summed E-state index contributed by atoms with van der Waals surface area (Å²) < 4.78 is 14.1. The van der Waals surface area contributed by atoms with Crippen LogP contribution in [0.3, 0.4) is 0 Å². The second kappa shape index (κ2) is 7.57. The van der Waals surface area contributed by atoms with Crippen LogP contribution in [0.1, 0.15) is 39.2 Å². The van der Waals surface area contributed by atoms with E-state index in [0.717, 1.165) is 25.9 Å². The van der Waals surface area contributed by atoms with Gasteiger partial charge in [-0.15, -0.1) is 0 Å². The number of nitrogens with one attached hydrogen (secondary N) is 1. The molecule has 118 valence electrons. The Bertz CT molecular complexity index is 444. The van der Waals surface area contributed by atoms with E-state index < -0.39 is 0 Å². The van der Waals surface area contributed by atoms with Gasteiger partial charge in [0.2, 0.25) is 0 Å². The molecule has 0 amide bonds. The highest BCUT2D eigenvalue weighted by molar-refractivity contribution is 6.31. The molecule has 1 aromatic rings. The monoisotopic (exact) mass is 312 g/mol. The zero-order valence-electron chi connectivity index (χ0n) is 13.2. The van der Waals surface area contributed by atoms with Crippen LogP contribution < -0.4 is 5.32 Å². The third-order valence-electron chi connectivity index (χ3n) is 4.37. The molecule has 2 rings (SSSR count). The first-order chi connectivity index (χ1) is 10.0. The quantitative estimate of drug-likeness (QED) is 0.881. The smallest absolute Gasteiger partial charge is 0.129 e. The first-order valence-electron chi connectivity index (χ1n) is 7.93. The summed E-state index contributed by atoms with van der Waals surface area (Å²) in [6.45, 7) is 9.17. The molecule has 1 aliphatic heterocycles. The van der Waals surface area contributed by atoms with Crippen LogP contribution in [0, 0.1) is 11.7 Å². The van der Waals surface area contributed by atoms with Crippen LogP contribution in [0.15, 0.2) is 18.2 Å². The third-order valence-corrected chi connectivity index (χ3v) is 4.72. The van der Waals surface area contributed by atoms with Crippen LogP contribution in [0.25, 0.3) is 0 Å². The largest absolute Gasteiger partial charge is 0.311 e. The molecule has 0 spiro atoms. The van der Waals surface area contributed by atoms with E-state index in [-0.39, 0.29) is 5.82 Å². The molecule has 2 atom stereocenters. The molecule has 21 heavy (non-hydrogen) atoms. The van der Waals surface area contributed by atoms with E-state index in [0.29, 0.717) is 35.1 Å². The van der Waals surface area contributed by atoms with Crippen LogP contribution in [0.4, 0.5) is 4.39 Å². The van der Waals surface area contributed by atoms with Gasteiger partial charge in [-0.3, -0.25) is 4.90 Å². The van der Waals surface area contributed by atoms with Crippen LogP contribution >= 0.6 is 11.6 Å². The van der Waals surface area contributed by atoms with E-state index in [1.54, 1.807) is 12.1 Å². The number of hydrogen-bond acceptors (Lipinski definition) is 2. The van der Waals surface area contributed by atoms with Gasteiger partial charge >= 0.3 is 0 Å². The molecule has 1 aromatic carbocycles. The van der Waals surface area contributed by atoms with Crippen molar-refractivity contribution in [2.24, 2.45) is 5.92 Å². The summed E-state index contributed by atoms with van der Waals surface area (Å²) in [5.41, 5.74) is 0.627. The second-order valence-electron chi connectivity index (χ2n) is 6.33. The number of nitrogens with zero attached hydrogens (tertiary/aromatic N) is 1. The zero-order valence-corrected chi connectivity index (χ0v) is 14.0. The summed E-state index contributed by atoms with van der Waals surface area (Å²) in [5.74, 6) is 0.334. The summed E-state index contributed by atoms with van der Waals surface area (Å²) in [4.78, 5) is 2.39. The van der Waals surface area contributed by atoms with Gasteiger partial charge in [-0.25, -0.2) is 4.39 Å². The summed E-state index contributed by atoms with van der Waals surface area (Å²) in [7, 11) is 0. The minimum Gasteiger partial charge on any atom is -0.311 e. The fourth-order valence-corrected chi connectivity index (χ4v) is 3.39. The Morgan fingerprint density at radius 2 is 2.19 bits per heavy atom.